The van der Waals surface area contributed by atoms with Crippen molar-refractivity contribution in [1.82, 2.24) is 10.2 Å². The minimum Gasteiger partial charge on any atom is -0.334 e. The molecule has 112 valence electrons. The van der Waals surface area contributed by atoms with E-state index in [2.05, 4.69) is 12.2 Å². The lowest BCUT2D eigenvalue weighted by atomic mass is 10.1. The van der Waals surface area contributed by atoms with Crippen molar-refractivity contribution in [3.05, 3.63) is 34.3 Å². The molecule has 1 atom stereocenters. The van der Waals surface area contributed by atoms with Gasteiger partial charge in [-0.2, -0.15) is 0 Å². The van der Waals surface area contributed by atoms with E-state index in [1.807, 2.05) is 24.0 Å². The van der Waals surface area contributed by atoms with Crippen LogP contribution in [0, 0.1) is 6.92 Å². The summed E-state index contributed by atoms with van der Waals surface area (Å²) in [5.74, 6) is 0.129. The zero-order valence-electron chi connectivity index (χ0n) is 12.0. The third-order valence-electron chi connectivity index (χ3n) is 3.62. The molecule has 0 saturated carbocycles. The Morgan fingerprint density at radius 1 is 1.50 bits per heavy atom. The van der Waals surface area contributed by atoms with Gasteiger partial charge < -0.3 is 10.2 Å². The standard InChI is InChI=1S/C15H21ClN2O.ClH/c1-3-8-18(13-6-7-17-10-13)15(19)14-5-4-12(16)9-11(14)2;/h4-5,9,13,17H,3,6-8,10H2,1-2H3;1H. The Hall–Kier alpha value is -0.770. The maximum atomic E-state index is 12.7. The van der Waals surface area contributed by atoms with Crippen molar-refractivity contribution in [2.24, 2.45) is 0 Å². The van der Waals surface area contributed by atoms with Crippen LogP contribution in [-0.2, 0) is 0 Å². The number of amides is 1. The first-order valence-corrected chi connectivity index (χ1v) is 7.29. The van der Waals surface area contributed by atoms with Gasteiger partial charge in [0, 0.05) is 29.7 Å². The van der Waals surface area contributed by atoms with Crippen molar-refractivity contribution in [2.45, 2.75) is 32.7 Å². The van der Waals surface area contributed by atoms with Crippen LogP contribution in [0.25, 0.3) is 0 Å². The van der Waals surface area contributed by atoms with Crippen molar-refractivity contribution in [3.63, 3.8) is 0 Å². The van der Waals surface area contributed by atoms with Gasteiger partial charge >= 0.3 is 0 Å². The van der Waals surface area contributed by atoms with E-state index in [0.717, 1.165) is 43.6 Å². The molecule has 0 aromatic heterocycles. The molecule has 1 amide bonds. The third kappa shape index (κ3) is 3.87. The quantitative estimate of drug-likeness (QED) is 0.924. The summed E-state index contributed by atoms with van der Waals surface area (Å²) in [6.45, 7) is 6.76. The third-order valence-corrected chi connectivity index (χ3v) is 3.85. The summed E-state index contributed by atoms with van der Waals surface area (Å²) in [6.07, 6.45) is 2.02. The van der Waals surface area contributed by atoms with E-state index in [9.17, 15) is 4.79 Å². The van der Waals surface area contributed by atoms with Crippen LogP contribution in [0.3, 0.4) is 0 Å². The maximum Gasteiger partial charge on any atom is 0.254 e. The summed E-state index contributed by atoms with van der Waals surface area (Å²) in [6, 6.07) is 5.80. The number of benzene rings is 1. The van der Waals surface area contributed by atoms with Crippen molar-refractivity contribution in [3.8, 4) is 0 Å². The summed E-state index contributed by atoms with van der Waals surface area (Å²) < 4.78 is 0. The number of aryl methyl sites for hydroxylation is 1. The van der Waals surface area contributed by atoms with Crippen LogP contribution in [0.15, 0.2) is 18.2 Å². The molecule has 0 bridgehead atoms. The molecule has 1 aliphatic rings. The highest BCUT2D eigenvalue weighted by molar-refractivity contribution is 6.30. The largest absolute Gasteiger partial charge is 0.334 e. The lowest BCUT2D eigenvalue weighted by Gasteiger charge is -2.29. The zero-order valence-corrected chi connectivity index (χ0v) is 13.6. The van der Waals surface area contributed by atoms with E-state index in [4.69, 9.17) is 11.6 Å². The van der Waals surface area contributed by atoms with Crippen LogP contribution in [0.5, 0.6) is 0 Å². The summed E-state index contributed by atoms with van der Waals surface area (Å²) in [5, 5.41) is 4.01. The van der Waals surface area contributed by atoms with Gasteiger partial charge in [-0.05, 0) is 50.1 Å². The van der Waals surface area contributed by atoms with Crippen LogP contribution in [0.2, 0.25) is 5.02 Å². The van der Waals surface area contributed by atoms with Crippen LogP contribution < -0.4 is 5.32 Å². The highest BCUT2D eigenvalue weighted by Gasteiger charge is 2.27. The van der Waals surface area contributed by atoms with Gasteiger partial charge in [0.25, 0.3) is 5.91 Å². The smallest absolute Gasteiger partial charge is 0.254 e. The topological polar surface area (TPSA) is 32.3 Å². The molecule has 0 aliphatic carbocycles. The Balaban J connectivity index is 0.00000200. The minimum atomic E-state index is 0. The Kier molecular flexibility index (Phi) is 6.80. The Morgan fingerprint density at radius 3 is 2.80 bits per heavy atom. The van der Waals surface area contributed by atoms with Gasteiger partial charge in [0.15, 0.2) is 0 Å². The molecule has 1 aromatic carbocycles. The van der Waals surface area contributed by atoms with E-state index in [0.29, 0.717) is 11.1 Å². The monoisotopic (exact) mass is 316 g/mol. The maximum absolute atomic E-state index is 12.7. The molecule has 2 rings (SSSR count). The second kappa shape index (κ2) is 7.87. The molecule has 1 saturated heterocycles. The van der Waals surface area contributed by atoms with Crippen molar-refractivity contribution >= 4 is 29.9 Å². The highest BCUT2D eigenvalue weighted by atomic mass is 35.5. The Labute approximate surface area is 132 Å². The van der Waals surface area contributed by atoms with Gasteiger partial charge in [0.2, 0.25) is 0 Å². The van der Waals surface area contributed by atoms with E-state index < -0.39 is 0 Å². The number of hydrogen-bond donors (Lipinski definition) is 1. The van der Waals surface area contributed by atoms with Gasteiger partial charge in [0.05, 0.1) is 0 Å². The number of nitrogens with zero attached hydrogens (tertiary/aromatic N) is 1. The number of carbonyl (C=O) groups excluding carboxylic acids is 1. The van der Waals surface area contributed by atoms with Gasteiger partial charge in [-0.25, -0.2) is 0 Å². The van der Waals surface area contributed by atoms with E-state index in [1.165, 1.54) is 0 Å². The predicted octanol–water partition coefficient (Wildman–Crippen LogP) is 3.28. The van der Waals surface area contributed by atoms with Crippen molar-refractivity contribution < 1.29 is 4.79 Å². The molecule has 1 unspecified atom stereocenters. The Bertz CT molecular complexity index is 459. The first kappa shape index (κ1) is 17.3. The molecular formula is C15H22Cl2N2O. The van der Waals surface area contributed by atoms with Crippen molar-refractivity contribution in [2.75, 3.05) is 19.6 Å². The molecule has 1 heterocycles. The van der Waals surface area contributed by atoms with E-state index in [-0.39, 0.29) is 18.3 Å². The summed E-state index contributed by atoms with van der Waals surface area (Å²) in [5.41, 5.74) is 1.72. The average Bonchev–Trinajstić information content (AvgIpc) is 2.89. The van der Waals surface area contributed by atoms with Crippen molar-refractivity contribution in [1.29, 1.82) is 0 Å². The molecule has 5 heteroatoms. The lowest BCUT2D eigenvalue weighted by Crippen LogP contribution is -2.42. The number of rotatable bonds is 4. The average molecular weight is 317 g/mol. The molecule has 20 heavy (non-hydrogen) atoms. The second-order valence-corrected chi connectivity index (χ2v) is 5.54. The zero-order chi connectivity index (χ0) is 13.8. The van der Waals surface area contributed by atoms with Crippen LogP contribution in [-0.4, -0.2) is 36.5 Å². The molecule has 3 nitrogen and oxygen atoms in total. The van der Waals surface area contributed by atoms with Crippen LogP contribution in [0.4, 0.5) is 0 Å². The SMILES string of the molecule is CCCN(C(=O)c1ccc(Cl)cc1C)C1CCNC1.Cl. The van der Waals surface area contributed by atoms with E-state index in [1.54, 1.807) is 6.07 Å². The van der Waals surface area contributed by atoms with Gasteiger partial charge in [-0.15, -0.1) is 12.4 Å². The van der Waals surface area contributed by atoms with Crippen LogP contribution >= 0.6 is 24.0 Å². The highest BCUT2D eigenvalue weighted by Crippen LogP contribution is 2.19. The van der Waals surface area contributed by atoms with Crippen LogP contribution in [0.1, 0.15) is 35.7 Å². The second-order valence-electron chi connectivity index (χ2n) is 5.10. The predicted molar refractivity (Wildman–Crippen MR) is 86.0 cm³/mol. The number of halogens is 2. The number of nitrogens with one attached hydrogen (secondary N) is 1. The normalized spacial score (nSPS) is 17.6. The number of hydrogen-bond acceptors (Lipinski definition) is 2. The molecule has 1 aliphatic heterocycles. The summed E-state index contributed by atoms with van der Waals surface area (Å²) >= 11 is 5.95. The fourth-order valence-electron chi connectivity index (χ4n) is 2.62. The molecule has 1 aromatic rings. The lowest BCUT2D eigenvalue weighted by molar-refractivity contribution is 0.0691. The first-order valence-electron chi connectivity index (χ1n) is 6.91. The van der Waals surface area contributed by atoms with Gasteiger partial charge in [-0.1, -0.05) is 18.5 Å². The molecule has 1 fully saturated rings. The fourth-order valence-corrected chi connectivity index (χ4v) is 2.84. The van der Waals surface area contributed by atoms with Gasteiger partial charge in [0.1, 0.15) is 0 Å². The molecular weight excluding hydrogens is 295 g/mol. The Morgan fingerprint density at radius 2 is 2.25 bits per heavy atom. The first-order chi connectivity index (χ1) is 9.13. The fraction of sp³-hybridized carbons (Fsp3) is 0.533. The van der Waals surface area contributed by atoms with Gasteiger partial charge in [-0.3, -0.25) is 4.79 Å². The molecule has 0 radical (unpaired) electrons. The summed E-state index contributed by atoms with van der Waals surface area (Å²) in [4.78, 5) is 14.7. The molecule has 1 N–H and O–H groups in total. The van der Waals surface area contributed by atoms with E-state index >= 15 is 0 Å². The minimum absolute atomic E-state index is 0. The molecule has 0 spiro atoms. The number of carbonyl (C=O) groups is 1. The summed E-state index contributed by atoms with van der Waals surface area (Å²) in [7, 11) is 0.